The summed E-state index contributed by atoms with van der Waals surface area (Å²) in [5, 5.41) is 22.3. The summed E-state index contributed by atoms with van der Waals surface area (Å²) in [5.74, 6) is 1.10. The van der Waals surface area contributed by atoms with Crippen LogP contribution in [0, 0.1) is 12.3 Å². The summed E-state index contributed by atoms with van der Waals surface area (Å²) in [6.07, 6.45) is 6.60. The number of benzene rings is 2. The number of nitrogens with one attached hydrogen (secondary N) is 2. The van der Waals surface area contributed by atoms with Crippen molar-refractivity contribution in [1.29, 1.82) is 0 Å². The molecule has 1 saturated heterocycles. The van der Waals surface area contributed by atoms with Gasteiger partial charge in [-0.15, -0.1) is 34.6 Å². The van der Waals surface area contributed by atoms with E-state index < -0.39 is 35.3 Å². The zero-order valence-electron chi connectivity index (χ0n) is 27.2. The SMILES string of the molecule is C#CCn1nnnc1SCC1=C(C(=O)OC(c2ccccc2)c2ccccc2)N2C(=O)C(NC(=O)C(=NOCC=C)c3csc(NC=O)n3)[C@H]2SC1. The van der Waals surface area contributed by atoms with Crippen molar-refractivity contribution >= 4 is 69.9 Å². The minimum atomic E-state index is -1.02. The molecule has 2 atom stereocenters. The van der Waals surface area contributed by atoms with Crippen LogP contribution >= 0.6 is 34.9 Å². The molecule has 1 unspecified atom stereocenters. The molecule has 2 aromatic carbocycles. The normalized spacial score (nSPS) is 16.7. The van der Waals surface area contributed by atoms with Gasteiger partial charge in [0.1, 0.15) is 36.0 Å². The Morgan fingerprint density at radius 1 is 1.17 bits per heavy atom. The lowest BCUT2D eigenvalue weighted by molar-refractivity contribution is -0.154. The molecule has 6 rings (SSSR count). The van der Waals surface area contributed by atoms with Crippen LogP contribution in [0.25, 0.3) is 0 Å². The van der Waals surface area contributed by atoms with Gasteiger partial charge >= 0.3 is 5.97 Å². The Kier molecular flexibility index (Phi) is 11.8. The quantitative estimate of drug-likeness (QED) is 0.0197. The first-order valence-corrected chi connectivity index (χ1v) is 18.4. The van der Waals surface area contributed by atoms with Crippen molar-refractivity contribution in [2.75, 3.05) is 23.4 Å². The number of nitrogens with zero attached hydrogens (tertiary/aromatic N) is 7. The standard InChI is InChI=1S/C34H29N9O6S3/c1-3-15-42-34(38-40-41-42)52-18-23-17-50-31-26(37-29(45)25(39-48-16-4-2)24-19-51-33(36-24)35-20-44)30(46)43(31)27(23)32(47)49-28(21-11-7-5-8-12-21)22-13-9-6-10-14-22/h1,4-14,19-20,26,28,31H,2,15-18H2,(H,37,45)(H,35,36,44)/t26?,31-/m1/s1. The van der Waals surface area contributed by atoms with Crippen LogP contribution < -0.4 is 10.6 Å². The summed E-state index contributed by atoms with van der Waals surface area (Å²) in [6, 6.07) is 17.6. The van der Waals surface area contributed by atoms with Crippen molar-refractivity contribution in [3.8, 4) is 12.3 Å². The lowest BCUT2D eigenvalue weighted by atomic mass is 10.0. The Bertz CT molecular complexity index is 2020. The fraction of sp³-hybridized carbons (Fsp3) is 0.206. The lowest BCUT2D eigenvalue weighted by Gasteiger charge is -2.49. The predicted molar refractivity (Wildman–Crippen MR) is 195 cm³/mol. The number of carbonyl (C=O) groups is 4. The van der Waals surface area contributed by atoms with E-state index in [2.05, 4.69) is 48.8 Å². The number of β-lactam (4-membered cyclic amide) rings is 1. The van der Waals surface area contributed by atoms with Crippen molar-refractivity contribution in [3.63, 3.8) is 0 Å². The number of oxime groups is 1. The number of tetrazole rings is 1. The topological polar surface area (TPSA) is 183 Å². The number of esters is 1. The Morgan fingerprint density at radius 3 is 2.58 bits per heavy atom. The summed E-state index contributed by atoms with van der Waals surface area (Å²) < 4.78 is 7.69. The maximum Gasteiger partial charge on any atom is 0.356 e. The molecule has 1 fully saturated rings. The predicted octanol–water partition coefficient (Wildman–Crippen LogP) is 3.02. The minimum absolute atomic E-state index is 0.00803. The molecule has 2 aromatic heterocycles. The second-order valence-corrected chi connectivity index (χ2v) is 13.8. The lowest BCUT2D eigenvalue weighted by Crippen LogP contribution is -2.71. The summed E-state index contributed by atoms with van der Waals surface area (Å²) in [6.45, 7) is 3.74. The van der Waals surface area contributed by atoms with Crippen LogP contribution in [0.1, 0.15) is 22.9 Å². The number of rotatable bonds is 16. The molecule has 3 amide bonds. The van der Waals surface area contributed by atoms with Gasteiger partial charge < -0.3 is 20.2 Å². The van der Waals surface area contributed by atoms with Gasteiger partial charge in [0.05, 0.1) is 0 Å². The molecule has 2 N–H and O–H groups in total. The number of amides is 3. The second-order valence-electron chi connectivity index (χ2n) is 10.9. The highest BCUT2D eigenvalue weighted by Gasteiger charge is 2.55. The van der Waals surface area contributed by atoms with Crippen LogP contribution in [0.5, 0.6) is 0 Å². The summed E-state index contributed by atoms with van der Waals surface area (Å²) in [4.78, 5) is 63.5. The van der Waals surface area contributed by atoms with E-state index in [0.717, 1.165) is 22.5 Å². The van der Waals surface area contributed by atoms with Gasteiger partial charge in [0, 0.05) is 16.9 Å². The van der Waals surface area contributed by atoms with Crippen molar-refractivity contribution in [3.05, 3.63) is 107 Å². The smallest absolute Gasteiger partial charge is 0.356 e. The molecule has 0 spiro atoms. The Labute approximate surface area is 309 Å². The number of hydrogen-bond donors (Lipinski definition) is 2. The van der Waals surface area contributed by atoms with E-state index in [1.54, 1.807) is 0 Å². The fourth-order valence-corrected chi connectivity index (χ4v) is 8.25. The number of ether oxygens (including phenoxy) is 1. The Hall–Kier alpha value is -5.77. The van der Waals surface area contributed by atoms with Gasteiger partial charge in [0.25, 0.3) is 11.8 Å². The first-order chi connectivity index (χ1) is 25.4. The fourth-order valence-electron chi connectivity index (χ4n) is 5.23. The average molecular weight is 756 g/mol. The molecule has 18 heteroatoms. The number of terminal acetylenes is 1. The Morgan fingerprint density at radius 2 is 1.90 bits per heavy atom. The van der Waals surface area contributed by atoms with Gasteiger partial charge in [0.15, 0.2) is 16.9 Å². The first kappa shape index (κ1) is 36.0. The van der Waals surface area contributed by atoms with Crippen molar-refractivity contribution in [2.24, 2.45) is 5.16 Å². The highest BCUT2D eigenvalue weighted by Crippen LogP contribution is 2.43. The highest BCUT2D eigenvalue weighted by atomic mass is 32.2. The summed E-state index contributed by atoms with van der Waals surface area (Å²) in [7, 11) is 0. The Balaban J connectivity index is 1.28. The van der Waals surface area contributed by atoms with Gasteiger partial charge in [-0.25, -0.2) is 14.5 Å². The van der Waals surface area contributed by atoms with Crippen LogP contribution in [-0.2, 0) is 35.3 Å². The van der Waals surface area contributed by atoms with Crippen molar-refractivity contribution in [2.45, 2.75) is 29.2 Å². The average Bonchev–Trinajstić information content (AvgIpc) is 3.83. The minimum Gasteiger partial charge on any atom is -0.448 e. The van der Waals surface area contributed by atoms with E-state index in [9.17, 15) is 19.2 Å². The van der Waals surface area contributed by atoms with E-state index >= 15 is 0 Å². The number of fused-ring (bicyclic) bond motifs is 1. The van der Waals surface area contributed by atoms with Crippen LogP contribution in [0.2, 0.25) is 0 Å². The van der Waals surface area contributed by atoms with Crippen LogP contribution in [0.4, 0.5) is 5.13 Å². The third kappa shape index (κ3) is 7.91. The van der Waals surface area contributed by atoms with Gasteiger partial charge in [-0.3, -0.25) is 19.3 Å². The molecule has 4 heterocycles. The number of thioether (sulfide) groups is 2. The molecule has 4 aromatic rings. The maximum atomic E-state index is 14.3. The van der Waals surface area contributed by atoms with E-state index in [1.165, 1.54) is 44.6 Å². The van der Waals surface area contributed by atoms with E-state index in [0.29, 0.717) is 22.9 Å². The first-order valence-electron chi connectivity index (χ1n) is 15.5. The molecular formula is C34H29N9O6S3. The van der Waals surface area contributed by atoms with E-state index in [4.69, 9.17) is 16.0 Å². The van der Waals surface area contributed by atoms with Gasteiger partial charge in [-0.2, -0.15) is 0 Å². The van der Waals surface area contributed by atoms with Gasteiger partial charge in [0.2, 0.25) is 11.6 Å². The molecule has 0 radical (unpaired) electrons. The number of hydrogen-bond acceptors (Lipinski definition) is 14. The van der Waals surface area contributed by atoms with E-state index in [-0.39, 0.29) is 41.1 Å². The number of aromatic nitrogens is 5. The van der Waals surface area contributed by atoms with Gasteiger partial charge in [-0.05, 0) is 27.1 Å². The zero-order valence-corrected chi connectivity index (χ0v) is 29.6. The van der Waals surface area contributed by atoms with Crippen molar-refractivity contribution in [1.82, 2.24) is 35.4 Å². The molecule has 52 heavy (non-hydrogen) atoms. The molecule has 15 nitrogen and oxygen atoms in total. The molecule has 0 aliphatic carbocycles. The molecular weight excluding hydrogens is 727 g/mol. The van der Waals surface area contributed by atoms with Crippen LogP contribution in [0.15, 0.2) is 100 Å². The summed E-state index contributed by atoms with van der Waals surface area (Å²) in [5.41, 5.74) is 2.09. The van der Waals surface area contributed by atoms with E-state index in [1.807, 2.05) is 60.7 Å². The maximum absolute atomic E-state index is 14.3. The third-order valence-electron chi connectivity index (χ3n) is 7.56. The largest absolute Gasteiger partial charge is 0.448 e. The summed E-state index contributed by atoms with van der Waals surface area (Å²) >= 11 is 3.71. The van der Waals surface area contributed by atoms with Crippen LogP contribution in [0.3, 0.4) is 0 Å². The second kappa shape index (κ2) is 17.0. The molecule has 264 valence electrons. The van der Waals surface area contributed by atoms with Crippen molar-refractivity contribution < 1.29 is 28.8 Å². The molecule has 2 aliphatic heterocycles. The van der Waals surface area contributed by atoms with Crippen LogP contribution in [-0.4, -0.2) is 89.5 Å². The van der Waals surface area contributed by atoms with Gasteiger partial charge in [-0.1, -0.05) is 96.2 Å². The molecule has 0 bridgehead atoms. The zero-order chi connectivity index (χ0) is 36.5. The number of carbonyl (C=O) groups excluding carboxylic acids is 4. The molecule has 0 saturated carbocycles. The highest BCUT2D eigenvalue weighted by molar-refractivity contribution is 8.01. The number of thiazole rings is 1. The molecule has 2 aliphatic rings. The third-order valence-corrected chi connectivity index (χ3v) is 10.7. The number of anilines is 1. The monoisotopic (exact) mass is 755 g/mol.